The molecule has 1 fully saturated rings. The molecule has 6 nitrogen and oxygen atoms in total. The van der Waals surface area contributed by atoms with Crippen LogP contribution in [0.15, 0.2) is 18.2 Å². The van der Waals surface area contributed by atoms with Crippen LogP contribution >= 0.6 is 11.8 Å². The fraction of sp³-hybridized carbons (Fsp3) is 0.333. The van der Waals surface area contributed by atoms with Crippen LogP contribution in [0.3, 0.4) is 0 Å². The molecule has 0 bridgehead atoms. The number of amides is 2. The molecule has 19 heavy (non-hydrogen) atoms. The molecule has 2 aliphatic rings. The summed E-state index contributed by atoms with van der Waals surface area (Å²) in [7, 11) is 0. The summed E-state index contributed by atoms with van der Waals surface area (Å²) < 4.78 is 5.30. The number of anilines is 2. The number of thioether (sulfide) groups is 1. The van der Waals surface area contributed by atoms with Crippen LogP contribution in [-0.2, 0) is 9.59 Å². The first kappa shape index (κ1) is 12.3. The average Bonchev–Trinajstić information content (AvgIpc) is 2.93. The number of rotatable bonds is 2. The van der Waals surface area contributed by atoms with Crippen LogP contribution in [0.2, 0.25) is 0 Å². The number of carbonyl (C=O) groups is 2. The average molecular weight is 279 g/mol. The summed E-state index contributed by atoms with van der Waals surface area (Å²) >= 11 is 1.70. The van der Waals surface area contributed by atoms with Crippen molar-refractivity contribution in [2.75, 3.05) is 28.9 Å². The monoisotopic (exact) mass is 279 g/mol. The Bertz CT molecular complexity index is 529. The maximum atomic E-state index is 11.9. The summed E-state index contributed by atoms with van der Waals surface area (Å²) in [5, 5.41) is 8.65. The highest BCUT2D eigenvalue weighted by molar-refractivity contribution is 7.99. The first-order valence-electron chi connectivity index (χ1n) is 5.91. The van der Waals surface area contributed by atoms with Gasteiger partial charge in [-0.3, -0.25) is 14.9 Å². The van der Waals surface area contributed by atoms with Crippen molar-refractivity contribution in [2.45, 2.75) is 6.04 Å². The van der Waals surface area contributed by atoms with Crippen LogP contribution in [-0.4, -0.2) is 36.1 Å². The highest BCUT2D eigenvalue weighted by Gasteiger charge is 2.23. The summed E-state index contributed by atoms with van der Waals surface area (Å²) in [5.41, 5.74) is 1.29. The molecule has 0 saturated carbocycles. The van der Waals surface area contributed by atoms with Gasteiger partial charge in [0, 0.05) is 23.4 Å². The molecule has 0 spiro atoms. The number of carbonyl (C=O) groups excluding carboxylic acids is 2. The highest BCUT2D eigenvalue weighted by atomic mass is 32.2. The van der Waals surface area contributed by atoms with Crippen molar-refractivity contribution in [3.8, 4) is 5.75 Å². The van der Waals surface area contributed by atoms with Crippen molar-refractivity contribution < 1.29 is 14.3 Å². The molecule has 1 saturated heterocycles. The predicted molar refractivity (Wildman–Crippen MR) is 73.4 cm³/mol. The molecule has 2 heterocycles. The van der Waals surface area contributed by atoms with Gasteiger partial charge in [0.05, 0.1) is 11.7 Å². The van der Waals surface area contributed by atoms with Crippen LogP contribution in [0.1, 0.15) is 0 Å². The smallest absolute Gasteiger partial charge is 0.262 e. The Morgan fingerprint density at radius 1 is 1.47 bits per heavy atom. The summed E-state index contributed by atoms with van der Waals surface area (Å²) in [6.07, 6.45) is 0. The van der Waals surface area contributed by atoms with Gasteiger partial charge in [0.2, 0.25) is 5.91 Å². The van der Waals surface area contributed by atoms with E-state index in [1.165, 1.54) is 0 Å². The SMILES string of the molecule is O=C1COc2cc(NC(=O)C3CSCN3)ccc2N1. The lowest BCUT2D eigenvalue weighted by Crippen LogP contribution is -2.37. The Morgan fingerprint density at radius 3 is 3.16 bits per heavy atom. The summed E-state index contributed by atoms with van der Waals surface area (Å²) in [6, 6.07) is 5.03. The van der Waals surface area contributed by atoms with E-state index in [9.17, 15) is 9.59 Å². The third kappa shape index (κ3) is 2.66. The first-order valence-corrected chi connectivity index (χ1v) is 7.06. The summed E-state index contributed by atoms with van der Waals surface area (Å²) in [6.45, 7) is 0.00518. The lowest BCUT2D eigenvalue weighted by Gasteiger charge is -2.19. The minimum absolute atomic E-state index is 0.00518. The second-order valence-electron chi connectivity index (χ2n) is 4.31. The van der Waals surface area contributed by atoms with Crippen molar-refractivity contribution in [1.29, 1.82) is 0 Å². The van der Waals surface area contributed by atoms with Crippen molar-refractivity contribution in [1.82, 2.24) is 5.32 Å². The number of benzene rings is 1. The molecule has 1 aromatic rings. The number of nitrogens with one attached hydrogen (secondary N) is 3. The van der Waals surface area contributed by atoms with E-state index in [2.05, 4.69) is 16.0 Å². The molecule has 1 unspecified atom stereocenters. The van der Waals surface area contributed by atoms with Gasteiger partial charge in [0.25, 0.3) is 5.91 Å². The summed E-state index contributed by atoms with van der Waals surface area (Å²) in [5.74, 6) is 1.94. The molecule has 3 N–H and O–H groups in total. The zero-order valence-corrected chi connectivity index (χ0v) is 10.9. The molecule has 0 aromatic heterocycles. The zero-order chi connectivity index (χ0) is 13.2. The van der Waals surface area contributed by atoms with Gasteiger partial charge in [-0.2, -0.15) is 0 Å². The largest absolute Gasteiger partial charge is 0.482 e. The van der Waals surface area contributed by atoms with E-state index < -0.39 is 0 Å². The quantitative estimate of drug-likeness (QED) is 0.739. The van der Waals surface area contributed by atoms with Gasteiger partial charge in [0.15, 0.2) is 6.61 Å². The van der Waals surface area contributed by atoms with Crippen LogP contribution in [0.5, 0.6) is 5.75 Å². The Hall–Kier alpha value is -1.73. The van der Waals surface area contributed by atoms with E-state index in [1.807, 2.05) is 0 Å². The van der Waals surface area contributed by atoms with Crippen LogP contribution < -0.4 is 20.7 Å². The van der Waals surface area contributed by atoms with Crippen molar-refractivity contribution in [2.24, 2.45) is 0 Å². The lowest BCUT2D eigenvalue weighted by atomic mass is 10.2. The zero-order valence-electron chi connectivity index (χ0n) is 10.1. The topological polar surface area (TPSA) is 79.5 Å². The van der Waals surface area contributed by atoms with E-state index in [0.717, 1.165) is 11.6 Å². The third-order valence-electron chi connectivity index (χ3n) is 2.91. The Kier molecular flexibility index (Phi) is 3.31. The first-order chi connectivity index (χ1) is 9.22. The number of fused-ring (bicyclic) bond motifs is 1. The van der Waals surface area contributed by atoms with Gasteiger partial charge in [0.1, 0.15) is 5.75 Å². The number of hydrogen-bond donors (Lipinski definition) is 3. The molecular weight excluding hydrogens is 266 g/mol. The van der Waals surface area contributed by atoms with Gasteiger partial charge >= 0.3 is 0 Å². The van der Waals surface area contributed by atoms with Crippen molar-refractivity contribution in [3.63, 3.8) is 0 Å². The molecular formula is C12H13N3O3S. The molecule has 7 heteroatoms. The Morgan fingerprint density at radius 2 is 2.37 bits per heavy atom. The molecule has 0 radical (unpaired) electrons. The Labute approximate surface area is 114 Å². The third-order valence-corrected chi connectivity index (χ3v) is 3.85. The normalized spacial score (nSPS) is 21.3. The van der Waals surface area contributed by atoms with E-state index in [4.69, 9.17) is 4.74 Å². The van der Waals surface area contributed by atoms with Gasteiger partial charge < -0.3 is 15.4 Å². The van der Waals surface area contributed by atoms with Crippen LogP contribution in [0.25, 0.3) is 0 Å². The molecule has 0 aliphatic carbocycles. The maximum Gasteiger partial charge on any atom is 0.262 e. The molecule has 1 atom stereocenters. The number of ether oxygens (including phenoxy) is 1. The van der Waals surface area contributed by atoms with Crippen LogP contribution in [0.4, 0.5) is 11.4 Å². The summed E-state index contributed by atoms with van der Waals surface area (Å²) in [4.78, 5) is 23.1. The van der Waals surface area contributed by atoms with Crippen molar-refractivity contribution in [3.05, 3.63) is 18.2 Å². The van der Waals surface area contributed by atoms with E-state index in [-0.39, 0.29) is 24.5 Å². The molecule has 3 rings (SSSR count). The second kappa shape index (κ2) is 5.10. The molecule has 2 aliphatic heterocycles. The lowest BCUT2D eigenvalue weighted by molar-refractivity contribution is -0.119. The van der Waals surface area contributed by atoms with E-state index in [1.54, 1.807) is 30.0 Å². The molecule has 100 valence electrons. The van der Waals surface area contributed by atoms with Gasteiger partial charge in [-0.25, -0.2) is 0 Å². The van der Waals surface area contributed by atoms with Crippen LogP contribution in [0, 0.1) is 0 Å². The number of hydrogen-bond acceptors (Lipinski definition) is 5. The second-order valence-corrected chi connectivity index (χ2v) is 5.34. The fourth-order valence-electron chi connectivity index (χ4n) is 1.95. The molecule has 2 amide bonds. The van der Waals surface area contributed by atoms with Gasteiger partial charge in [-0.15, -0.1) is 11.8 Å². The Balaban J connectivity index is 1.71. The highest BCUT2D eigenvalue weighted by Crippen LogP contribution is 2.30. The minimum atomic E-state index is -0.170. The van der Waals surface area contributed by atoms with Gasteiger partial charge in [-0.05, 0) is 12.1 Å². The van der Waals surface area contributed by atoms with Gasteiger partial charge in [-0.1, -0.05) is 0 Å². The standard InChI is InChI=1S/C12H13N3O3S/c16-11-4-18-10-3-7(1-2-8(10)15-11)14-12(17)9-5-19-6-13-9/h1-3,9,13H,4-6H2,(H,14,17)(H,15,16). The van der Waals surface area contributed by atoms with E-state index in [0.29, 0.717) is 17.1 Å². The maximum absolute atomic E-state index is 11.9. The van der Waals surface area contributed by atoms with Crippen molar-refractivity contribution >= 4 is 35.0 Å². The van der Waals surface area contributed by atoms with E-state index >= 15 is 0 Å². The fourth-order valence-corrected chi connectivity index (χ4v) is 2.89. The molecule has 1 aromatic carbocycles. The minimum Gasteiger partial charge on any atom is -0.482 e. The predicted octanol–water partition coefficient (Wildman–Crippen LogP) is 0.618.